The number of aryl methyl sites for hydroxylation is 1. The maximum absolute atomic E-state index is 15.6. The first-order valence-electron chi connectivity index (χ1n) is 15.5. The number of carboxylic acids is 1. The Morgan fingerprint density at radius 1 is 1.11 bits per heavy atom. The van der Waals surface area contributed by atoms with Crippen molar-refractivity contribution in [2.24, 2.45) is 0 Å². The Kier molecular flexibility index (Phi) is 8.11. The molecule has 2 aliphatic heterocycles. The number of halogens is 1. The van der Waals surface area contributed by atoms with E-state index in [1.165, 1.54) is 16.1 Å². The van der Waals surface area contributed by atoms with Crippen LogP contribution in [0.25, 0.3) is 16.9 Å². The lowest BCUT2D eigenvalue weighted by Gasteiger charge is -2.31. The van der Waals surface area contributed by atoms with Gasteiger partial charge in [0.1, 0.15) is 0 Å². The van der Waals surface area contributed by atoms with E-state index in [-0.39, 0.29) is 22.9 Å². The van der Waals surface area contributed by atoms with E-state index in [4.69, 9.17) is 19.6 Å². The molecule has 2 aliphatic rings. The van der Waals surface area contributed by atoms with E-state index in [0.29, 0.717) is 54.6 Å². The zero-order valence-electron chi connectivity index (χ0n) is 26.4. The Balaban J connectivity index is 1.47. The number of likely N-dealkylation sites (tertiary alicyclic amines) is 1. The van der Waals surface area contributed by atoms with Crippen LogP contribution in [0.2, 0.25) is 0 Å². The first-order chi connectivity index (χ1) is 21.4. The highest BCUT2D eigenvalue weighted by molar-refractivity contribution is 5.94. The molecule has 1 amide bonds. The highest BCUT2D eigenvalue weighted by Gasteiger charge is 2.35. The summed E-state index contributed by atoms with van der Waals surface area (Å²) in [6.07, 6.45) is 1.62. The lowest BCUT2D eigenvalue weighted by atomic mass is 9.89. The van der Waals surface area contributed by atoms with Crippen molar-refractivity contribution in [3.05, 3.63) is 81.9 Å². The molecule has 0 bridgehead atoms. The predicted octanol–water partition coefficient (Wildman–Crippen LogP) is 6.44. The fourth-order valence-electron chi connectivity index (χ4n) is 6.60. The molecule has 2 aromatic carbocycles. The second kappa shape index (κ2) is 11.9. The summed E-state index contributed by atoms with van der Waals surface area (Å²) in [6.45, 7) is 10.5. The Bertz CT molecular complexity index is 1770. The van der Waals surface area contributed by atoms with E-state index >= 15 is 4.39 Å². The fourth-order valence-corrected chi connectivity index (χ4v) is 6.60. The van der Waals surface area contributed by atoms with E-state index in [1.54, 1.807) is 38.7 Å². The summed E-state index contributed by atoms with van der Waals surface area (Å²) in [5, 5.41) is 15.1. The van der Waals surface area contributed by atoms with Crippen molar-refractivity contribution < 1.29 is 28.6 Å². The lowest BCUT2D eigenvalue weighted by Crippen LogP contribution is -2.38. The summed E-state index contributed by atoms with van der Waals surface area (Å²) in [6, 6.07) is 13.3. The van der Waals surface area contributed by atoms with E-state index in [0.717, 1.165) is 30.4 Å². The van der Waals surface area contributed by atoms with Crippen LogP contribution in [0.5, 0.6) is 5.75 Å². The van der Waals surface area contributed by atoms with Gasteiger partial charge >= 0.3 is 5.97 Å². The van der Waals surface area contributed by atoms with Gasteiger partial charge in [0.25, 0.3) is 5.91 Å². The average Bonchev–Trinajstić information content (AvgIpc) is 3.44. The van der Waals surface area contributed by atoms with E-state index in [9.17, 15) is 14.7 Å². The summed E-state index contributed by atoms with van der Waals surface area (Å²) >= 11 is 0. The van der Waals surface area contributed by atoms with Gasteiger partial charge in [-0.2, -0.15) is 5.10 Å². The number of amides is 1. The van der Waals surface area contributed by atoms with Crippen LogP contribution in [0.4, 0.5) is 4.39 Å². The molecule has 4 heterocycles. The number of ether oxygens (including phenoxy) is 2. The Morgan fingerprint density at radius 2 is 1.82 bits per heavy atom. The molecule has 45 heavy (non-hydrogen) atoms. The van der Waals surface area contributed by atoms with Crippen molar-refractivity contribution in [3.63, 3.8) is 0 Å². The summed E-state index contributed by atoms with van der Waals surface area (Å²) in [5.41, 5.74) is 3.95. The number of aromatic nitrogens is 3. The molecule has 0 saturated carbocycles. The van der Waals surface area contributed by atoms with Gasteiger partial charge in [0.05, 0.1) is 17.9 Å². The predicted molar refractivity (Wildman–Crippen MR) is 167 cm³/mol. The number of carboxylic acid groups (broad SMARTS) is 1. The van der Waals surface area contributed by atoms with Gasteiger partial charge in [-0.1, -0.05) is 30.3 Å². The maximum Gasteiger partial charge on any atom is 0.337 e. The van der Waals surface area contributed by atoms with Crippen molar-refractivity contribution in [2.45, 2.75) is 77.9 Å². The number of piperidine rings is 1. The smallest absolute Gasteiger partial charge is 0.337 e. The van der Waals surface area contributed by atoms with Crippen molar-refractivity contribution in [3.8, 4) is 17.0 Å². The largest absolute Gasteiger partial charge is 0.490 e. The van der Waals surface area contributed by atoms with Crippen molar-refractivity contribution in [1.82, 2.24) is 19.5 Å². The summed E-state index contributed by atoms with van der Waals surface area (Å²) < 4.78 is 28.9. The van der Waals surface area contributed by atoms with E-state index in [2.05, 4.69) is 12.1 Å². The molecule has 10 heteroatoms. The van der Waals surface area contributed by atoms with Crippen molar-refractivity contribution in [1.29, 1.82) is 0 Å². The van der Waals surface area contributed by atoms with Gasteiger partial charge < -0.3 is 19.5 Å². The number of aliphatic carboxylic acids is 1. The number of hydrogen-bond donors (Lipinski definition) is 1. The van der Waals surface area contributed by atoms with Crippen LogP contribution in [-0.2, 0) is 16.0 Å². The number of rotatable bonds is 6. The van der Waals surface area contributed by atoms with Gasteiger partial charge in [-0.05, 0) is 83.4 Å². The number of carbonyl (C=O) groups is 2. The highest BCUT2D eigenvalue weighted by Crippen LogP contribution is 2.41. The van der Waals surface area contributed by atoms with Crippen LogP contribution >= 0.6 is 0 Å². The number of carbonyl (C=O) groups excluding carboxylic acids is 1. The van der Waals surface area contributed by atoms with E-state index < -0.39 is 23.5 Å². The van der Waals surface area contributed by atoms with Crippen LogP contribution in [-0.4, -0.2) is 61.8 Å². The zero-order chi connectivity index (χ0) is 32.0. The number of nitrogens with zero attached hydrogens (tertiary/aromatic N) is 4. The molecule has 4 aromatic rings. The molecular weight excluding hydrogens is 575 g/mol. The SMILES string of the molecule is Cc1nc2cc(C(=O)N3CCC(c4ccccc4)CC3)nn2c(-c2cc(F)c3c(c2C)CCCO3)c1[C@H](OC(C)(C)C)C(=O)O. The van der Waals surface area contributed by atoms with Gasteiger partial charge in [0.15, 0.2) is 29.0 Å². The molecule has 1 fully saturated rings. The van der Waals surface area contributed by atoms with Crippen LogP contribution < -0.4 is 4.74 Å². The minimum absolute atomic E-state index is 0.196. The van der Waals surface area contributed by atoms with Crippen molar-refractivity contribution >= 4 is 17.5 Å². The molecule has 1 N–H and O–H groups in total. The second-order valence-electron chi connectivity index (χ2n) is 13.0. The minimum Gasteiger partial charge on any atom is -0.490 e. The third-order valence-electron chi connectivity index (χ3n) is 8.75. The third kappa shape index (κ3) is 5.91. The van der Waals surface area contributed by atoms with Crippen LogP contribution in [0.3, 0.4) is 0 Å². The molecule has 6 rings (SSSR count). The summed E-state index contributed by atoms with van der Waals surface area (Å²) in [4.78, 5) is 33.1. The Hall–Kier alpha value is -4.31. The normalized spacial score (nSPS) is 16.4. The molecular formula is C35H39FN4O5. The maximum atomic E-state index is 15.6. The van der Waals surface area contributed by atoms with Crippen LogP contribution in [0.1, 0.15) is 90.5 Å². The van der Waals surface area contributed by atoms with Gasteiger partial charge in [-0.15, -0.1) is 0 Å². The van der Waals surface area contributed by atoms with Gasteiger partial charge in [-0.25, -0.2) is 18.7 Å². The topological polar surface area (TPSA) is 106 Å². The van der Waals surface area contributed by atoms with Gasteiger partial charge in [-0.3, -0.25) is 4.79 Å². The Labute approximate surface area is 262 Å². The monoisotopic (exact) mass is 614 g/mol. The molecule has 0 aliphatic carbocycles. The number of hydrogen-bond acceptors (Lipinski definition) is 6. The van der Waals surface area contributed by atoms with Gasteiger partial charge in [0, 0.05) is 41.5 Å². The number of fused-ring (bicyclic) bond motifs is 2. The van der Waals surface area contributed by atoms with Crippen molar-refractivity contribution in [2.75, 3.05) is 19.7 Å². The highest BCUT2D eigenvalue weighted by atomic mass is 19.1. The third-order valence-corrected chi connectivity index (χ3v) is 8.75. The molecule has 0 unspecified atom stereocenters. The fraction of sp³-hybridized carbons (Fsp3) is 0.429. The minimum atomic E-state index is -1.42. The Morgan fingerprint density at radius 3 is 2.49 bits per heavy atom. The van der Waals surface area contributed by atoms with Gasteiger partial charge in [0.2, 0.25) is 0 Å². The first kappa shape index (κ1) is 30.7. The second-order valence-corrected chi connectivity index (χ2v) is 13.0. The summed E-state index contributed by atoms with van der Waals surface area (Å²) in [5.74, 6) is -1.36. The molecule has 1 atom stereocenters. The number of benzene rings is 2. The quantitative estimate of drug-likeness (QED) is 0.267. The first-order valence-corrected chi connectivity index (χ1v) is 15.5. The molecule has 1 saturated heterocycles. The lowest BCUT2D eigenvalue weighted by molar-refractivity contribution is -0.160. The summed E-state index contributed by atoms with van der Waals surface area (Å²) in [7, 11) is 0. The standard InChI is InChI=1S/C35H39FN4O5/c1-20-24-12-9-17-44-31(24)26(36)18-25(20)30-29(32(34(42)43)45-35(3,4)5)21(2)37-28-19-27(38-40(28)30)33(41)39-15-13-23(14-16-39)22-10-7-6-8-11-22/h6-8,10-11,18-19,23,32H,9,12-17H2,1-5H3,(H,42,43)/t32-/m0/s1. The molecule has 0 spiro atoms. The van der Waals surface area contributed by atoms with Crippen LogP contribution in [0.15, 0.2) is 42.5 Å². The average molecular weight is 615 g/mol. The molecule has 236 valence electrons. The molecule has 0 radical (unpaired) electrons. The van der Waals surface area contributed by atoms with E-state index in [1.807, 2.05) is 25.1 Å². The van der Waals surface area contributed by atoms with Crippen LogP contribution in [0, 0.1) is 19.7 Å². The molecule has 9 nitrogen and oxygen atoms in total. The molecule has 2 aromatic heterocycles. The zero-order valence-corrected chi connectivity index (χ0v) is 26.4.